The number of aliphatic carboxylic acids is 1. The van der Waals surface area contributed by atoms with Crippen LogP contribution in [0.1, 0.15) is 36.9 Å². The topological polar surface area (TPSA) is 53.4 Å². The van der Waals surface area contributed by atoms with Gasteiger partial charge in [-0.15, -0.1) is 11.3 Å². The van der Waals surface area contributed by atoms with Gasteiger partial charge < -0.3 is 5.11 Å². The summed E-state index contributed by atoms with van der Waals surface area (Å²) in [6, 6.07) is 0. The molecule has 1 aromatic rings. The van der Waals surface area contributed by atoms with Crippen LogP contribution in [0.3, 0.4) is 0 Å². The van der Waals surface area contributed by atoms with Crippen LogP contribution in [0.2, 0.25) is 0 Å². The first kappa shape index (κ1) is 12.5. The summed E-state index contributed by atoms with van der Waals surface area (Å²) in [6.45, 7) is 5.30. The number of carboxylic acids is 1. The van der Waals surface area contributed by atoms with Gasteiger partial charge in [-0.25, -0.2) is 4.98 Å². The molecule has 0 bridgehead atoms. The Morgan fingerprint density at radius 1 is 1.65 bits per heavy atom. The molecule has 1 N–H and O–H groups in total. The van der Waals surface area contributed by atoms with E-state index in [1.54, 1.807) is 11.3 Å². The van der Waals surface area contributed by atoms with E-state index < -0.39 is 11.5 Å². The third-order valence-electron chi connectivity index (χ3n) is 3.49. The molecule has 1 saturated heterocycles. The lowest BCUT2D eigenvalue weighted by Crippen LogP contribution is -2.54. The van der Waals surface area contributed by atoms with Gasteiger partial charge in [-0.2, -0.15) is 0 Å². The predicted octanol–water partition coefficient (Wildman–Crippen LogP) is 2.28. The van der Waals surface area contributed by atoms with Gasteiger partial charge in [0.25, 0.3) is 0 Å². The van der Waals surface area contributed by atoms with Crippen LogP contribution in [-0.2, 0) is 11.3 Å². The Hall–Kier alpha value is -0.940. The van der Waals surface area contributed by atoms with Crippen LogP contribution in [0, 0.1) is 6.92 Å². The molecule has 1 aliphatic heterocycles. The molecule has 0 spiro atoms. The maximum Gasteiger partial charge on any atom is 0.323 e. The van der Waals surface area contributed by atoms with Crippen LogP contribution in [0.4, 0.5) is 0 Å². The number of nitrogens with zero attached hydrogens (tertiary/aromatic N) is 2. The van der Waals surface area contributed by atoms with Crippen molar-refractivity contribution < 1.29 is 9.90 Å². The highest BCUT2D eigenvalue weighted by atomic mass is 32.1. The summed E-state index contributed by atoms with van der Waals surface area (Å²) in [7, 11) is 0. The number of aryl methyl sites for hydroxylation is 1. The highest BCUT2D eigenvalue weighted by Gasteiger charge is 2.41. The standard InChI is InChI=1S/C12H18N2O2S/c1-9-8-17-10(13-9)7-14-6-4-3-5-12(14,2)11(15)16/h8H,3-7H2,1-2H3,(H,15,16). The minimum absolute atomic E-state index is 0.654. The Bertz CT molecular complexity index is 418. The van der Waals surface area contributed by atoms with E-state index in [9.17, 15) is 9.90 Å². The largest absolute Gasteiger partial charge is 0.480 e. The van der Waals surface area contributed by atoms with Crippen LogP contribution in [-0.4, -0.2) is 33.0 Å². The van der Waals surface area contributed by atoms with E-state index in [0.717, 1.165) is 36.5 Å². The molecule has 94 valence electrons. The van der Waals surface area contributed by atoms with E-state index >= 15 is 0 Å². The van der Waals surface area contributed by atoms with Gasteiger partial charge in [0.2, 0.25) is 0 Å². The van der Waals surface area contributed by atoms with Crippen molar-refractivity contribution in [3.8, 4) is 0 Å². The molecule has 0 radical (unpaired) electrons. The van der Waals surface area contributed by atoms with E-state index in [2.05, 4.69) is 9.88 Å². The minimum atomic E-state index is -0.724. The van der Waals surface area contributed by atoms with Gasteiger partial charge in [0.05, 0.1) is 6.54 Å². The molecule has 1 aliphatic rings. The molecular weight excluding hydrogens is 236 g/mol. The number of likely N-dealkylation sites (tertiary alicyclic amines) is 1. The van der Waals surface area contributed by atoms with Gasteiger partial charge in [0.1, 0.15) is 10.5 Å². The van der Waals surface area contributed by atoms with Gasteiger partial charge in [-0.1, -0.05) is 0 Å². The molecule has 17 heavy (non-hydrogen) atoms. The van der Waals surface area contributed by atoms with Crippen LogP contribution in [0.15, 0.2) is 5.38 Å². The van der Waals surface area contributed by atoms with Crippen LogP contribution >= 0.6 is 11.3 Å². The van der Waals surface area contributed by atoms with E-state index in [1.807, 2.05) is 19.2 Å². The maximum absolute atomic E-state index is 11.4. The summed E-state index contributed by atoms with van der Waals surface area (Å²) in [4.78, 5) is 17.9. The molecule has 0 aliphatic carbocycles. The third-order valence-corrected chi connectivity index (χ3v) is 4.44. The molecule has 1 atom stereocenters. The summed E-state index contributed by atoms with van der Waals surface area (Å²) in [5.41, 5.74) is 0.289. The number of hydrogen-bond acceptors (Lipinski definition) is 4. The van der Waals surface area contributed by atoms with Crippen LogP contribution < -0.4 is 0 Å². The Morgan fingerprint density at radius 3 is 3.00 bits per heavy atom. The zero-order chi connectivity index (χ0) is 12.5. The second-order valence-electron chi connectivity index (χ2n) is 4.84. The molecule has 1 unspecified atom stereocenters. The molecule has 4 nitrogen and oxygen atoms in total. The highest BCUT2D eigenvalue weighted by molar-refractivity contribution is 7.09. The summed E-state index contributed by atoms with van der Waals surface area (Å²) in [5, 5.41) is 12.4. The normalized spacial score (nSPS) is 26.0. The van der Waals surface area contributed by atoms with Crippen molar-refractivity contribution in [1.29, 1.82) is 0 Å². The van der Waals surface area contributed by atoms with E-state index in [-0.39, 0.29) is 0 Å². The zero-order valence-electron chi connectivity index (χ0n) is 10.3. The van der Waals surface area contributed by atoms with Crippen molar-refractivity contribution in [1.82, 2.24) is 9.88 Å². The van der Waals surface area contributed by atoms with Gasteiger partial charge in [0, 0.05) is 11.1 Å². The Kier molecular flexibility index (Phi) is 3.49. The molecule has 0 saturated carbocycles. The molecule has 2 heterocycles. The summed E-state index contributed by atoms with van der Waals surface area (Å²) in [5.74, 6) is -0.717. The molecule has 2 rings (SSSR count). The highest BCUT2D eigenvalue weighted by Crippen LogP contribution is 2.30. The average molecular weight is 254 g/mol. The Labute approximate surface area is 105 Å². The number of carboxylic acid groups (broad SMARTS) is 1. The number of piperidine rings is 1. The van der Waals surface area contributed by atoms with Crippen molar-refractivity contribution in [3.05, 3.63) is 16.1 Å². The monoisotopic (exact) mass is 254 g/mol. The van der Waals surface area contributed by atoms with Gasteiger partial charge in [-0.05, 0) is 39.7 Å². The minimum Gasteiger partial charge on any atom is -0.480 e. The summed E-state index contributed by atoms with van der Waals surface area (Å²) >= 11 is 1.61. The number of aromatic nitrogens is 1. The van der Waals surface area contributed by atoms with Crippen molar-refractivity contribution in [2.75, 3.05) is 6.54 Å². The number of carbonyl (C=O) groups is 1. The molecule has 1 aromatic heterocycles. The number of rotatable bonds is 3. The van der Waals surface area contributed by atoms with E-state index in [0.29, 0.717) is 6.54 Å². The number of hydrogen-bond donors (Lipinski definition) is 1. The second-order valence-corrected chi connectivity index (χ2v) is 5.78. The fourth-order valence-electron chi connectivity index (χ4n) is 2.31. The van der Waals surface area contributed by atoms with Crippen LogP contribution in [0.25, 0.3) is 0 Å². The van der Waals surface area contributed by atoms with Crippen molar-refractivity contribution in [2.45, 2.75) is 45.2 Å². The third kappa shape index (κ3) is 2.50. The molecule has 0 amide bonds. The van der Waals surface area contributed by atoms with E-state index in [1.165, 1.54) is 0 Å². The lowest BCUT2D eigenvalue weighted by molar-refractivity contribution is -0.153. The van der Waals surface area contributed by atoms with Gasteiger partial charge in [-0.3, -0.25) is 9.69 Å². The SMILES string of the molecule is Cc1csc(CN2CCCCC2(C)C(=O)O)n1. The summed E-state index contributed by atoms with van der Waals surface area (Å²) < 4.78 is 0. The molecular formula is C12H18N2O2S. The van der Waals surface area contributed by atoms with Crippen molar-refractivity contribution in [2.24, 2.45) is 0 Å². The van der Waals surface area contributed by atoms with E-state index in [4.69, 9.17) is 0 Å². The molecule has 1 fully saturated rings. The Balaban J connectivity index is 2.14. The van der Waals surface area contributed by atoms with Crippen LogP contribution in [0.5, 0.6) is 0 Å². The van der Waals surface area contributed by atoms with Gasteiger partial charge >= 0.3 is 5.97 Å². The smallest absolute Gasteiger partial charge is 0.323 e. The first-order chi connectivity index (χ1) is 8.02. The quantitative estimate of drug-likeness (QED) is 0.899. The first-order valence-electron chi connectivity index (χ1n) is 5.92. The Morgan fingerprint density at radius 2 is 2.41 bits per heavy atom. The number of thiazole rings is 1. The van der Waals surface area contributed by atoms with Gasteiger partial charge in [0.15, 0.2) is 0 Å². The van der Waals surface area contributed by atoms with Crippen molar-refractivity contribution >= 4 is 17.3 Å². The lowest BCUT2D eigenvalue weighted by atomic mass is 9.88. The lowest BCUT2D eigenvalue weighted by Gasteiger charge is -2.41. The second kappa shape index (κ2) is 4.74. The molecule has 5 heteroatoms. The average Bonchev–Trinajstić information content (AvgIpc) is 2.67. The zero-order valence-corrected chi connectivity index (χ0v) is 11.1. The molecule has 0 aromatic carbocycles. The maximum atomic E-state index is 11.4. The fourth-order valence-corrected chi connectivity index (χ4v) is 3.10. The van der Waals surface area contributed by atoms with Crippen molar-refractivity contribution in [3.63, 3.8) is 0 Å². The predicted molar refractivity (Wildman–Crippen MR) is 67.2 cm³/mol. The first-order valence-corrected chi connectivity index (χ1v) is 6.80. The summed E-state index contributed by atoms with van der Waals surface area (Å²) in [6.07, 6.45) is 2.80. The fraction of sp³-hybridized carbons (Fsp3) is 0.667.